The van der Waals surface area contributed by atoms with Gasteiger partial charge >= 0.3 is 0 Å². The lowest BCUT2D eigenvalue weighted by Crippen LogP contribution is -2.30. The SMILES string of the molecule is CCCNc1ncc(S(=O)(=O)N2CCC(OC)C2)cn1. The van der Waals surface area contributed by atoms with E-state index >= 15 is 0 Å². The number of hydrogen-bond donors (Lipinski definition) is 1. The van der Waals surface area contributed by atoms with E-state index in [1.165, 1.54) is 16.7 Å². The van der Waals surface area contributed by atoms with E-state index in [1.807, 2.05) is 6.92 Å². The molecule has 1 saturated heterocycles. The fourth-order valence-corrected chi connectivity index (χ4v) is 3.41. The minimum atomic E-state index is -3.52. The van der Waals surface area contributed by atoms with Gasteiger partial charge < -0.3 is 10.1 Å². The lowest BCUT2D eigenvalue weighted by Gasteiger charge is -2.15. The predicted octanol–water partition coefficient (Wildman–Crippen LogP) is 0.708. The molecule has 0 amide bonds. The van der Waals surface area contributed by atoms with E-state index in [4.69, 9.17) is 4.74 Å². The maximum Gasteiger partial charge on any atom is 0.246 e. The first-order chi connectivity index (χ1) is 9.57. The Hall–Kier alpha value is -1.25. The van der Waals surface area contributed by atoms with Crippen LogP contribution in [0.3, 0.4) is 0 Å². The number of methoxy groups -OCH3 is 1. The molecule has 2 heterocycles. The number of hydrogen-bond acceptors (Lipinski definition) is 6. The third-order valence-electron chi connectivity index (χ3n) is 3.24. The van der Waals surface area contributed by atoms with Crippen LogP contribution in [-0.2, 0) is 14.8 Å². The van der Waals surface area contributed by atoms with Gasteiger partial charge in [0, 0.05) is 26.7 Å². The molecule has 1 aromatic heterocycles. The van der Waals surface area contributed by atoms with Crippen LogP contribution in [0.15, 0.2) is 17.3 Å². The standard InChI is InChI=1S/C12H20N4O3S/c1-3-5-13-12-14-7-11(8-15-12)20(17,18)16-6-4-10(9-16)19-2/h7-8,10H,3-6,9H2,1-2H3,(H,13,14,15). The van der Waals surface area contributed by atoms with E-state index in [1.54, 1.807) is 7.11 Å². The summed E-state index contributed by atoms with van der Waals surface area (Å²) in [6.07, 6.45) is 4.33. The highest BCUT2D eigenvalue weighted by atomic mass is 32.2. The van der Waals surface area contributed by atoms with Crippen molar-refractivity contribution in [1.82, 2.24) is 14.3 Å². The molecule has 1 N–H and O–H groups in total. The molecule has 20 heavy (non-hydrogen) atoms. The van der Waals surface area contributed by atoms with E-state index < -0.39 is 10.0 Å². The fourth-order valence-electron chi connectivity index (χ4n) is 2.03. The lowest BCUT2D eigenvalue weighted by molar-refractivity contribution is 0.115. The Morgan fingerprint density at radius 2 is 2.15 bits per heavy atom. The van der Waals surface area contributed by atoms with Crippen LogP contribution in [0.4, 0.5) is 5.95 Å². The van der Waals surface area contributed by atoms with Crippen LogP contribution in [0, 0.1) is 0 Å². The van der Waals surface area contributed by atoms with E-state index in [0.29, 0.717) is 25.5 Å². The maximum absolute atomic E-state index is 12.4. The van der Waals surface area contributed by atoms with Crippen molar-refractivity contribution < 1.29 is 13.2 Å². The molecule has 0 bridgehead atoms. The second-order valence-corrected chi connectivity index (χ2v) is 6.62. The van der Waals surface area contributed by atoms with Gasteiger partial charge in [-0.15, -0.1) is 0 Å². The molecule has 1 atom stereocenters. The largest absolute Gasteiger partial charge is 0.380 e. The quantitative estimate of drug-likeness (QED) is 0.833. The molecule has 8 heteroatoms. The molecule has 1 aliphatic heterocycles. The molecule has 7 nitrogen and oxygen atoms in total. The van der Waals surface area contributed by atoms with E-state index in [0.717, 1.165) is 13.0 Å². The molecule has 0 aliphatic carbocycles. The molecule has 112 valence electrons. The Balaban J connectivity index is 2.10. The molecule has 2 rings (SSSR count). The van der Waals surface area contributed by atoms with Gasteiger partial charge in [0.25, 0.3) is 0 Å². The smallest absolute Gasteiger partial charge is 0.246 e. The van der Waals surface area contributed by atoms with Crippen molar-refractivity contribution in [3.63, 3.8) is 0 Å². The van der Waals surface area contributed by atoms with Crippen LogP contribution < -0.4 is 5.32 Å². The second-order valence-electron chi connectivity index (χ2n) is 4.68. The zero-order valence-electron chi connectivity index (χ0n) is 11.7. The van der Waals surface area contributed by atoms with E-state index in [2.05, 4.69) is 15.3 Å². The molecule has 0 aromatic carbocycles. The normalized spacial score (nSPS) is 20.2. The summed E-state index contributed by atoms with van der Waals surface area (Å²) in [4.78, 5) is 8.19. The minimum Gasteiger partial charge on any atom is -0.380 e. The number of sulfonamides is 1. The monoisotopic (exact) mass is 300 g/mol. The molecule has 0 saturated carbocycles. The van der Waals surface area contributed by atoms with Crippen LogP contribution in [0.1, 0.15) is 19.8 Å². The summed E-state index contributed by atoms with van der Waals surface area (Å²) in [6.45, 7) is 3.64. The van der Waals surface area contributed by atoms with Gasteiger partial charge in [-0.2, -0.15) is 4.31 Å². The zero-order valence-corrected chi connectivity index (χ0v) is 12.6. The van der Waals surface area contributed by atoms with Crippen LogP contribution in [0.25, 0.3) is 0 Å². The van der Waals surface area contributed by atoms with Gasteiger partial charge in [0.2, 0.25) is 16.0 Å². The average Bonchev–Trinajstić information content (AvgIpc) is 2.95. The highest BCUT2D eigenvalue weighted by molar-refractivity contribution is 7.89. The van der Waals surface area contributed by atoms with Crippen molar-refractivity contribution in [2.75, 3.05) is 32.1 Å². The molecular formula is C12H20N4O3S. The van der Waals surface area contributed by atoms with Crippen LogP contribution in [-0.4, -0.2) is 55.5 Å². The number of aromatic nitrogens is 2. The summed E-state index contributed by atoms with van der Waals surface area (Å²) in [5.41, 5.74) is 0. The van der Waals surface area contributed by atoms with Gasteiger partial charge in [-0.1, -0.05) is 6.92 Å². The predicted molar refractivity (Wildman–Crippen MR) is 75.0 cm³/mol. The van der Waals surface area contributed by atoms with Crippen molar-refractivity contribution in [2.45, 2.75) is 30.8 Å². The minimum absolute atomic E-state index is 0.0313. The van der Waals surface area contributed by atoms with E-state index in [-0.39, 0.29) is 11.0 Å². The van der Waals surface area contributed by atoms with Crippen LogP contribution >= 0.6 is 0 Å². The Kier molecular flexibility index (Phi) is 4.90. The van der Waals surface area contributed by atoms with E-state index in [9.17, 15) is 8.42 Å². The number of rotatable bonds is 6. The summed E-state index contributed by atoms with van der Waals surface area (Å²) in [5, 5.41) is 3.01. The Morgan fingerprint density at radius 1 is 1.45 bits per heavy atom. The summed E-state index contributed by atoms with van der Waals surface area (Å²) in [6, 6.07) is 0. The van der Waals surface area contributed by atoms with Gasteiger partial charge in [0.1, 0.15) is 4.90 Å². The van der Waals surface area contributed by atoms with Gasteiger partial charge in [0.05, 0.1) is 18.5 Å². The third-order valence-corrected chi connectivity index (χ3v) is 5.06. The first kappa shape index (κ1) is 15.1. The molecule has 0 spiro atoms. The zero-order chi connectivity index (χ0) is 14.6. The maximum atomic E-state index is 12.4. The van der Waals surface area contributed by atoms with Crippen molar-refractivity contribution in [1.29, 1.82) is 0 Å². The summed E-state index contributed by atoms with van der Waals surface area (Å²) in [5.74, 6) is 0.446. The lowest BCUT2D eigenvalue weighted by atomic mass is 10.3. The molecule has 1 aliphatic rings. The number of nitrogens with one attached hydrogen (secondary N) is 1. The van der Waals surface area contributed by atoms with Crippen LogP contribution in [0.5, 0.6) is 0 Å². The summed E-state index contributed by atoms with van der Waals surface area (Å²) >= 11 is 0. The first-order valence-corrected chi connectivity index (χ1v) is 8.10. The topological polar surface area (TPSA) is 84.4 Å². The van der Waals surface area contributed by atoms with Gasteiger partial charge in [-0.3, -0.25) is 0 Å². The van der Waals surface area contributed by atoms with Crippen molar-refractivity contribution in [3.05, 3.63) is 12.4 Å². The Bertz CT molecular complexity index is 532. The van der Waals surface area contributed by atoms with Crippen molar-refractivity contribution in [2.24, 2.45) is 0 Å². The average molecular weight is 300 g/mol. The molecule has 1 fully saturated rings. The number of ether oxygens (including phenoxy) is 1. The summed E-state index contributed by atoms with van der Waals surface area (Å²) in [7, 11) is -1.92. The molecular weight excluding hydrogens is 280 g/mol. The number of nitrogens with zero attached hydrogens (tertiary/aromatic N) is 3. The highest BCUT2D eigenvalue weighted by Crippen LogP contribution is 2.21. The van der Waals surface area contributed by atoms with Crippen LogP contribution in [0.2, 0.25) is 0 Å². The second kappa shape index (κ2) is 6.47. The van der Waals surface area contributed by atoms with Gasteiger partial charge in [-0.05, 0) is 12.8 Å². The molecule has 1 aromatic rings. The Morgan fingerprint density at radius 3 is 2.70 bits per heavy atom. The fraction of sp³-hybridized carbons (Fsp3) is 0.667. The highest BCUT2D eigenvalue weighted by Gasteiger charge is 2.32. The van der Waals surface area contributed by atoms with Crippen molar-refractivity contribution in [3.8, 4) is 0 Å². The number of anilines is 1. The Labute approximate surface area is 119 Å². The summed E-state index contributed by atoms with van der Waals surface area (Å²) < 4.78 is 31.4. The first-order valence-electron chi connectivity index (χ1n) is 6.66. The molecule has 1 unspecified atom stereocenters. The van der Waals surface area contributed by atoms with Gasteiger partial charge in [-0.25, -0.2) is 18.4 Å². The van der Waals surface area contributed by atoms with Gasteiger partial charge in [0.15, 0.2) is 0 Å². The molecule has 0 radical (unpaired) electrons. The third kappa shape index (κ3) is 3.25. The van der Waals surface area contributed by atoms with Crippen molar-refractivity contribution >= 4 is 16.0 Å².